The lowest BCUT2D eigenvalue weighted by atomic mass is 10.1. The second-order valence-electron chi connectivity index (χ2n) is 8.55. The minimum absolute atomic E-state index is 0.297. The molecule has 10 heteroatoms. The van der Waals surface area contributed by atoms with Crippen molar-refractivity contribution in [2.75, 3.05) is 53.3 Å². The number of aryl methyl sites for hydroxylation is 1. The number of carbonyl (C=O) groups excluding carboxylic acids is 2. The molecule has 0 saturated heterocycles. The Balaban J connectivity index is 1.74. The van der Waals surface area contributed by atoms with Gasteiger partial charge in [0.15, 0.2) is 17.3 Å². The molecule has 0 spiro atoms. The lowest BCUT2D eigenvalue weighted by Crippen LogP contribution is -2.08. The summed E-state index contributed by atoms with van der Waals surface area (Å²) in [6.45, 7) is 1.91. The normalized spacial score (nSPS) is 10.8. The van der Waals surface area contributed by atoms with Gasteiger partial charge in [0.05, 0.1) is 48.3 Å². The van der Waals surface area contributed by atoms with Crippen LogP contribution in [-0.2, 0) is 4.79 Å². The number of amides is 1. The SMILES string of the molecule is COc1cc(C)c(/C=C/C(=O)Nc2ccc(OC)c(N/C=C\C(=O)c3cc(OC)c(OC)c(OC)c3)c2)c(OC)c1. The van der Waals surface area contributed by atoms with Crippen LogP contribution in [0.25, 0.3) is 6.08 Å². The molecule has 3 aromatic carbocycles. The number of carbonyl (C=O) groups is 2. The summed E-state index contributed by atoms with van der Waals surface area (Å²) in [5.41, 5.74) is 3.07. The van der Waals surface area contributed by atoms with E-state index >= 15 is 0 Å². The Morgan fingerprint density at radius 3 is 1.95 bits per heavy atom. The zero-order valence-electron chi connectivity index (χ0n) is 24.1. The molecule has 41 heavy (non-hydrogen) atoms. The van der Waals surface area contributed by atoms with Gasteiger partial charge in [-0.05, 0) is 55.0 Å². The summed E-state index contributed by atoms with van der Waals surface area (Å²) < 4.78 is 32.1. The topological polar surface area (TPSA) is 114 Å². The van der Waals surface area contributed by atoms with E-state index in [1.165, 1.54) is 46.8 Å². The standard InChI is InChI=1S/C31H34N2O8/c1-19-14-22(36-2)18-27(38-4)23(19)9-11-30(35)33-21-8-10-26(37-3)24(17-21)32-13-12-25(34)20-15-28(39-5)31(41-7)29(16-20)40-6/h8-18,32H,1-7H3,(H,33,35)/b11-9+,13-12-. The van der Waals surface area contributed by atoms with E-state index in [-0.39, 0.29) is 11.7 Å². The third kappa shape index (κ3) is 7.51. The van der Waals surface area contributed by atoms with Crippen molar-refractivity contribution in [2.45, 2.75) is 6.92 Å². The van der Waals surface area contributed by atoms with Crippen LogP contribution >= 0.6 is 0 Å². The summed E-state index contributed by atoms with van der Waals surface area (Å²) in [5.74, 6) is 2.27. The quantitative estimate of drug-likeness (QED) is 0.206. The average Bonchev–Trinajstić information content (AvgIpc) is 2.99. The Morgan fingerprint density at radius 2 is 1.37 bits per heavy atom. The molecule has 0 heterocycles. The van der Waals surface area contributed by atoms with Crippen molar-refractivity contribution in [3.8, 4) is 34.5 Å². The molecule has 0 saturated carbocycles. The minimum atomic E-state index is -0.341. The maximum atomic E-state index is 12.8. The number of rotatable bonds is 13. The highest BCUT2D eigenvalue weighted by atomic mass is 16.5. The Bertz CT molecular complexity index is 1440. The second-order valence-corrected chi connectivity index (χ2v) is 8.55. The molecule has 0 unspecified atom stereocenters. The maximum absolute atomic E-state index is 12.8. The molecule has 0 fully saturated rings. The highest BCUT2D eigenvalue weighted by molar-refractivity contribution is 6.05. The van der Waals surface area contributed by atoms with Crippen LogP contribution in [0.2, 0.25) is 0 Å². The third-order valence-electron chi connectivity index (χ3n) is 6.07. The van der Waals surface area contributed by atoms with Crippen LogP contribution in [0, 0.1) is 6.92 Å². The van der Waals surface area contributed by atoms with Gasteiger partial charge < -0.3 is 39.1 Å². The molecule has 0 aromatic heterocycles. The Labute approximate surface area is 239 Å². The van der Waals surface area contributed by atoms with E-state index in [2.05, 4.69) is 10.6 Å². The number of ether oxygens (including phenoxy) is 6. The fourth-order valence-corrected chi connectivity index (χ4v) is 4.00. The maximum Gasteiger partial charge on any atom is 0.248 e. The van der Waals surface area contributed by atoms with Crippen molar-refractivity contribution in [1.82, 2.24) is 0 Å². The lowest BCUT2D eigenvalue weighted by Gasteiger charge is -2.13. The van der Waals surface area contributed by atoms with Gasteiger partial charge >= 0.3 is 0 Å². The van der Waals surface area contributed by atoms with Crippen LogP contribution < -0.4 is 39.1 Å². The summed E-state index contributed by atoms with van der Waals surface area (Å²) in [6, 6.07) is 11.9. The first-order valence-electron chi connectivity index (χ1n) is 12.5. The van der Waals surface area contributed by atoms with Gasteiger partial charge in [-0.25, -0.2) is 0 Å². The van der Waals surface area contributed by atoms with Crippen molar-refractivity contribution in [2.24, 2.45) is 0 Å². The number of nitrogens with one attached hydrogen (secondary N) is 2. The van der Waals surface area contributed by atoms with E-state index in [0.717, 1.165) is 11.1 Å². The van der Waals surface area contributed by atoms with E-state index in [4.69, 9.17) is 28.4 Å². The minimum Gasteiger partial charge on any atom is -0.497 e. The number of hydrogen-bond acceptors (Lipinski definition) is 9. The molecular formula is C31H34N2O8. The van der Waals surface area contributed by atoms with Gasteiger partial charge in [-0.2, -0.15) is 0 Å². The first-order chi connectivity index (χ1) is 19.8. The fourth-order valence-electron chi connectivity index (χ4n) is 4.00. The predicted octanol–water partition coefficient (Wildman–Crippen LogP) is 5.51. The molecule has 216 valence electrons. The van der Waals surface area contributed by atoms with Crippen molar-refractivity contribution in [1.29, 1.82) is 0 Å². The van der Waals surface area contributed by atoms with Gasteiger partial charge in [-0.1, -0.05) is 0 Å². The monoisotopic (exact) mass is 562 g/mol. The molecule has 0 bridgehead atoms. The molecule has 0 aliphatic rings. The van der Waals surface area contributed by atoms with E-state index < -0.39 is 0 Å². The highest BCUT2D eigenvalue weighted by Gasteiger charge is 2.16. The van der Waals surface area contributed by atoms with E-state index in [9.17, 15) is 9.59 Å². The number of benzene rings is 3. The van der Waals surface area contributed by atoms with E-state index in [0.29, 0.717) is 51.4 Å². The smallest absolute Gasteiger partial charge is 0.248 e. The number of ketones is 1. The van der Waals surface area contributed by atoms with Gasteiger partial charge in [0.1, 0.15) is 17.2 Å². The first kappa shape index (κ1) is 30.4. The van der Waals surface area contributed by atoms with Crippen LogP contribution in [0.5, 0.6) is 34.5 Å². The van der Waals surface area contributed by atoms with Crippen molar-refractivity contribution >= 4 is 29.1 Å². The first-order valence-corrected chi connectivity index (χ1v) is 12.5. The summed E-state index contributed by atoms with van der Waals surface area (Å²) in [4.78, 5) is 25.5. The van der Waals surface area contributed by atoms with Gasteiger partial charge in [0.2, 0.25) is 11.7 Å². The van der Waals surface area contributed by atoms with Gasteiger partial charge in [0, 0.05) is 41.2 Å². The molecule has 10 nitrogen and oxygen atoms in total. The van der Waals surface area contributed by atoms with Crippen LogP contribution in [0.3, 0.4) is 0 Å². The van der Waals surface area contributed by atoms with Crippen LogP contribution in [0.4, 0.5) is 11.4 Å². The zero-order chi connectivity index (χ0) is 29.9. The zero-order valence-corrected chi connectivity index (χ0v) is 24.1. The largest absolute Gasteiger partial charge is 0.497 e. The van der Waals surface area contributed by atoms with Crippen LogP contribution in [0.1, 0.15) is 21.5 Å². The Morgan fingerprint density at radius 1 is 0.707 bits per heavy atom. The predicted molar refractivity (Wildman–Crippen MR) is 158 cm³/mol. The van der Waals surface area contributed by atoms with E-state index in [1.54, 1.807) is 56.7 Å². The number of hydrogen-bond donors (Lipinski definition) is 2. The fraction of sp³-hybridized carbons (Fsp3) is 0.226. The molecule has 0 atom stereocenters. The number of allylic oxidation sites excluding steroid dienone is 1. The third-order valence-corrected chi connectivity index (χ3v) is 6.07. The van der Waals surface area contributed by atoms with Crippen molar-refractivity contribution in [3.05, 3.63) is 77.5 Å². The summed E-state index contributed by atoms with van der Waals surface area (Å²) >= 11 is 0. The second kappa shape index (κ2) is 14.3. The molecule has 0 aliphatic heterocycles. The molecule has 3 aromatic rings. The summed E-state index contributed by atoms with van der Waals surface area (Å²) in [5, 5.41) is 5.87. The Kier molecular flexibility index (Phi) is 10.6. The van der Waals surface area contributed by atoms with Crippen molar-refractivity contribution in [3.63, 3.8) is 0 Å². The van der Waals surface area contributed by atoms with Crippen LogP contribution in [0.15, 0.2) is 60.8 Å². The lowest BCUT2D eigenvalue weighted by molar-refractivity contribution is -0.111. The number of anilines is 2. The molecule has 0 radical (unpaired) electrons. The number of methoxy groups -OCH3 is 6. The highest BCUT2D eigenvalue weighted by Crippen LogP contribution is 2.38. The van der Waals surface area contributed by atoms with E-state index in [1.807, 2.05) is 13.0 Å². The molecule has 3 rings (SSSR count). The van der Waals surface area contributed by atoms with Crippen LogP contribution in [-0.4, -0.2) is 54.3 Å². The molecular weight excluding hydrogens is 528 g/mol. The van der Waals surface area contributed by atoms with Gasteiger partial charge in [-0.15, -0.1) is 0 Å². The summed E-state index contributed by atoms with van der Waals surface area (Å²) in [6.07, 6.45) is 5.94. The molecule has 1 amide bonds. The average molecular weight is 563 g/mol. The summed E-state index contributed by atoms with van der Waals surface area (Å²) in [7, 11) is 9.12. The van der Waals surface area contributed by atoms with Gasteiger partial charge in [-0.3, -0.25) is 9.59 Å². The molecule has 2 N–H and O–H groups in total. The van der Waals surface area contributed by atoms with Gasteiger partial charge in [0.25, 0.3) is 0 Å². The molecule has 0 aliphatic carbocycles. The Hall–Kier alpha value is -5.12. The van der Waals surface area contributed by atoms with Crippen molar-refractivity contribution < 1.29 is 38.0 Å².